The van der Waals surface area contributed by atoms with E-state index in [-0.39, 0.29) is 0 Å². The van der Waals surface area contributed by atoms with E-state index in [9.17, 15) is 0 Å². The highest BCUT2D eigenvalue weighted by molar-refractivity contribution is 6.30. The second kappa shape index (κ2) is 6.13. The third-order valence-electron chi connectivity index (χ3n) is 3.45. The lowest BCUT2D eigenvalue weighted by Gasteiger charge is -2.36. The number of hydrogen-bond donors (Lipinski definition) is 0. The van der Waals surface area contributed by atoms with Crippen LogP contribution in [0.2, 0.25) is 5.02 Å². The summed E-state index contributed by atoms with van der Waals surface area (Å²) in [6.45, 7) is 3.43. The number of ether oxygens (including phenoxy) is 1. The van der Waals surface area contributed by atoms with Gasteiger partial charge < -0.3 is 14.5 Å². The quantitative estimate of drug-likeness (QED) is 0.863. The highest BCUT2D eigenvalue weighted by atomic mass is 35.5. The van der Waals surface area contributed by atoms with Gasteiger partial charge in [0.15, 0.2) is 5.82 Å². The number of piperazine rings is 1. The zero-order valence-corrected chi connectivity index (χ0v) is 12.5. The van der Waals surface area contributed by atoms with Gasteiger partial charge >= 0.3 is 0 Å². The highest BCUT2D eigenvalue weighted by Crippen LogP contribution is 2.24. The summed E-state index contributed by atoms with van der Waals surface area (Å²) in [5.41, 5.74) is 0. The van der Waals surface area contributed by atoms with Gasteiger partial charge in [0, 0.05) is 44.8 Å². The molecular formula is C14H16ClN5O. The Morgan fingerprint density at radius 2 is 1.71 bits per heavy atom. The van der Waals surface area contributed by atoms with Crippen molar-refractivity contribution in [1.29, 1.82) is 0 Å². The van der Waals surface area contributed by atoms with Gasteiger partial charge in [-0.1, -0.05) is 11.6 Å². The topological polar surface area (TPSA) is 54.4 Å². The first-order valence-electron chi connectivity index (χ1n) is 6.74. The molecule has 0 amide bonds. The Kier molecular flexibility index (Phi) is 4.06. The van der Waals surface area contributed by atoms with Crippen LogP contribution in [0.1, 0.15) is 0 Å². The van der Waals surface area contributed by atoms with Crippen molar-refractivity contribution in [2.75, 3.05) is 43.1 Å². The SMILES string of the molecule is COc1nccnc1N1CCN(c2ccc(Cl)cn2)CC1. The molecule has 1 aliphatic heterocycles. The third-order valence-corrected chi connectivity index (χ3v) is 3.68. The van der Waals surface area contributed by atoms with Gasteiger partial charge in [-0.25, -0.2) is 15.0 Å². The second-order valence-electron chi connectivity index (χ2n) is 4.70. The van der Waals surface area contributed by atoms with Gasteiger partial charge in [-0.2, -0.15) is 0 Å². The Morgan fingerprint density at radius 1 is 1.00 bits per heavy atom. The minimum absolute atomic E-state index is 0.565. The van der Waals surface area contributed by atoms with Crippen molar-refractivity contribution < 1.29 is 4.74 Å². The normalized spacial score (nSPS) is 15.1. The molecule has 3 heterocycles. The number of aromatic nitrogens is 3. The van der Waals surface area contributed by atoms with Crippen LogP contribution >= 0.6 is 11.6 Å². The van der Waals surface area contributed by atoms with Gasteiger partial charge in [-0.15, -0.1) is 0 Å². The Balaban J connectivity index is 1.69. The fourth-order valence-corrected chi connectivity index (χ4v) is 2.49. The van der Waals surface area contributed by atoms with Crippen LogP contribution in [-0.2, 0) is 0 Å². The van der Waals surface area contributed by atoms with E-state index in [4.69, 9.17) is 16.3 Å². The zero-order chi connectivity index (χ0) is 14.7. The number of hydrogen-bond acceptors (Lipinski definition) is 6. The van der Waals surface area contributed by atoms with Crippen LogP contribution < -0.4 is 14.5 Å². The first kappa shape index (κ1) is 13.9. The number of nitrogens with zero attached hydrogens (tertiary/aromatic N) is 5. The summed E-state index contributed by atoms with van der Waals surface area (Å²) >= 11 is 5.87. The maximum atomic E-state index is 5.87. The molecule has 2 aromatic heterocycles. The second-order valence-corrected chi connectivity index (χ2v) is 5.13. The summed E-state index contributed by atoms with van der Waals surface area (Å²) in [5, 5.41) is 0.654. The lowest BCUT2D eigenvalue weighted by molar-refractivity contribution is 0.394. The fraction of sp³-hybridized carbons (Fsp3) is 0.357. The van der Waals surface area contributed by atoms with Gasteiger partial charge in [-0.3, -0.25) is 0 Å². The van der Waals surface area contributed by atoms with Gasteiger partial charge in [-0.05, 0) is 12.1 Å². The van der Waals surface area contributed by atoms with Crippen molar-refractivity contribution in [2.45, 2.75) is 0 Å². The molecule has 1 aliphatic rings. The molecule has 0 spiro atoms. The zero-order valence-electron chi connectivity index (χ0n) is 11.7. The molecule has 1 fully saturated rings. The lowest BCUT2D eigenvalue weighted by atomic mass is 10.3. The molecule has 2 aromatic rings. The summed E-state index contributed by atoms with van der Waals surface area (Å²) in [7, 11) is 1.61. The van der Waals surface area contributed by atoms with Crippen molar-refractivity contribution >= 4 is 23.2 Å². The van der Waals surface area contributed by atoms with Crippen molar-refractivity contribution in [1.82, 2.24) is 15.0 Å². The predicted octanol–water partition coefficient (Wildman–Crippen LogP) is 1.86. The highest BCUT2D eigenvalue weighted by Gasteiger charge is 2.21. The standard InChI is InChI=1S/C14H16ClN5O/c1-21-14-13(16-4-5-17-14)20-8-6-19(7-9-20)12-3-2-11(15)10-18-12/h2-5,10H,6-9H2,1H3. The molecule has 21 heavy (non-hydrogen) atoms. The third kappa shape index (κ3) is 3.00. The van der Waals surface area contributed by atoms with Crippen LogP contribution in [0.25, 0.3) is 0 Å². The first-order valence-corrected chi connectivity index (χ1v) is 7.12. The molecule has 3 rings (SSSR count). The van der Waals surface area contributed by atoms with E-state index in [0.29, 0.717) is 10.9 Å². The molecule has 0 atom stereocenters. The number of pyridine rings is 1. The monoisotopic (exact) mass is 305 g/mol. The summed E-state index contributed by atoms with van der Waals surface area (Å²) < 4.78 is 5.27. The lowest BCUT2D eigenvalue weighted by Crippen LogP contribution is -2.47. The van der Waals surface area contributed by atoms with E-state index < -0.39 is 0 Å². The van der Waals surface area contributed by atoms with Crippen LogP contribution in [0.5, 0.6) is 5.88 Å². The number of anilines is 2. The van der Waals surface area contributed by atoms with Crippen molar-refractivity contribution in [3.63, 3.8) is 0 Å². The van der Waals surface area contributed by atoms with E-state index in [0.717, 1.165) is 37.8 Å². The van der Waals surface area contributed by atoms with Crippen LogP contribution in [0.15, 0.2) is 30.7 Å². The van der Waals surface area contributed by atoms with Gasteiger partial charge in [0.05, 0.1) is 12.1 Å². The molecule has 0 radical (unpaired) electrons. The van der Waals surface area contributed by atoms with Crippen LogP contribution in [-0.4, -0.2) is 48.2 Å². The molecular weight excluding hydrogens is 290 g/mol. The summed E-state index contributed by atoms with van der Waals surface area (Å²) in [6.07, 6.45) is 5.00. The Labute approximate surface area is 128 Å². The first-order chi connectivity index (χ1) is 10.3. The molecule has 0 N–H and O–H groups in total. The summed E-state index contributed by atoms with van der Waals surface area (Å²) in [6, 6.07) is 3.81. The molecule has 6 nitrogen and oxygen atoms in total. The minimum Gasteiger partial charge on any atom is -0.478 e. The van der Waals surface area contributed by atoms with Crippen LogP contribution in [0.4, 0.5) is 11.6 Å². The van der Waals surface area contributed by atoms with E-state index in [1.54, 1.807) is 25.7 Å². The predicted molar refractivity (Wildman–Crippen MR) is 82.3 cm³/mol. The molecule has 0 saturated carbocycles. The van der Waals surface area contributed by atoms with Crippen molar-refractivity contribution in [2.24, 2.45) is 0 Å². The average Bonchev–Trinajstić information content (AvgIpc) is 2.56. The maximum Gasteiger partial charge on any atom is 0.257 e. The summed E-state index contributed by atoms with van der Waals surface area (Å²) in [5.74, 6) is 2.31. The minimum atomic E-state index is 0.565. The van der Waals surface area contributed by atoms with E-state index in [1.807, 2.05) is 12.1 Å². The number of rotatable bonds is 3. The molecule has 0 unspecified atom stereocenters. The molecule has 7 heteroatoms. The molecule has 110 valence electrons. The summed E-state index contributed by atoms with van der Waals surface area (Å²) in [4.78, 5) is 17.3. The van der Waals surface area contributed by atoms with E-state index in [1.165, 1.54) is 0 Å². The van der Waals surface area contributed by atoms with E-state index in [2.05, 4.69) is 24.8 Å². The molecule has 0 aliphatic carbocycles. The van der Waals surface area contributed by atoms with Crippen molar-refractivity contribution in [3.8, 4) is 5.88 Å². The Bertz CT molecular complexity index is 599. The van der Waals surface area contributed by atoms with Crippen LogP contribution in [0.3, 0.4) is 0 Å². The average molecular weight is 306 g/mol. The van der Waals surface area contributed by atoms with Crippen LogP contribution in [0, 0.1) is 0 Å². The number of methoxy groups -OCH3 is 1. The Morgan fingerprint density at radius 3 is 2.38 bits per heavy atom. The molecule has 1 saturated heterocycles. The van der Waals surface area contributed by atoms with Gasteiger partial charge in [0.1, 0.15) is 5.82 Å². The smallest absolute Gasteiger partial charge is 0.257 e. The van der Waals surface area contributed by atoms with Crippen molar-refractivity contribution in [3.05, 3.63) is 35.7 Å². The fourth-order valence-electron chi connectivity index (χ4n) is 2.38. The van der Waals surface area contributed by atoms with Gasteiger partial charge in [0.2, 0.25) is 0 Å². The number of halogens is 1. The maximum absolute atomic E-state index is 5.87. The Hall–Kier alpha value is -2.08. The van der Waals surface area contributed by atoms with E-state index >= 15 is 0 Å². The van der Waals surface area contributed by atoms with Gasteiger partial charge in [0.25, 0.3) is 5.88 Å². The largest absolute Gasteiger partial charge is 0.478 e. The molecule has 0 aromatic carbocycles. The molecule has 0 bridgehead atoms.